The van der Waals surface area contributed by atoms with Gasteiger partial charge in [0.05, 0.1) is 0 Å². The molecule has 0 amide bonds. The highest BCUT2D eigenvalue weighted by Crippen LogP contribution is 3.44. The monoisotopic (exact) mass is 344 g/mol. The number of fused-ring (bicyclic) bond motifs is 5. The van der Waals surface area contributed by atoms with E-state index in [0.29, 0.717) is 21.0 Å². The van der Waals surface area contributed by atoms with Crippen LogP contribution in [0.15, 0.2) is 0 Å². The largest absolute Gasteiger partial charge is 0.171 e. The standard InChI is InChI=1S/C24H24S/c1-14-15(2)17(4)20-9-5-8-12-13-11-7-6-10-18(7,16(14,3)24(10,20)25)21(11,14)23(13,15)22(12,17)19(8,9)20/h7-13,25H,5-6H2,1-4H3/t7-,8+,9+,10-,11+,12-,13+,14+,15-,16-,17-,18?,19?,20?,21?,22?,23?,24?/m1/s1. The normalized spacial score (nSPS) is 117. The molecule has 13 aliphatic rings. The number of hydrogen-bond acceptors (Lipinski definition) is 1. The Bertz CT molecular complexity index is 1110. The summed E-state index contributed by atoms with van der Waals surface area (Å²) in [5.74, 6) is 8.28. The van der Waals surface area contributed by atoms with Crippen LogP contribution in [0.2, 0.25) is 0 Å². The molecule has 0 aromatic heterocycles. The van der Waals surface area contributed by atoms with E-state index in [9.17, 15) is 0 Å². The zero-order chi connectivity index (χ0) is 16.0. The van der Waals surface area contributed by atoms with Gasteiger partial charge in [-0.1, -0.05) is 27.7 Å². The van der Waals surface area contributed by atoms with Crippen LogP contribution in [0.3, 0.4) is 0 Å². The first-order chi connectivity index (χ1) is 11.8. The maximum Gasteiger partial charge on any atom is 0.0299 e. The summed E-state index contributed by atoms with van der Waals surface area (Å²) in [6, 6.07) is 0. The fourth-order valence-electron chi connectivity index (χ4n) is 21.6. The third-order valence-corrected chi connectivity index (χ3v) is 20.0. The Labute approximate surface area is 153 Å². The maximum atomic E-state index is 5.95. The highest BCUT2D eigenvalue weighted by molar-refractivity contribution is 7.82. The Morgan fingerprint density at radius 3 is 1.96 bits per heavy atom. The molecule has 0 aliphatic heterocycles. The highest BCUT2D eigenvalue weighted by Gasteiger charge is 3.43. The van der Waals surface area contributed by atoms with Crippen molar-refractivity contribution in [3.05, 3.63) is 0 Å². The smallest absolute Gasteiger partial charge is 0.0299 e. The molecule has 6 spiro atoms. The minimum atomic E-state index is 0.457. The van der Waals surface area contributed by atoms with Crippen molar-refractivity contribution in [3.63, 3.8) is 0 Å². The molecule has 7 unspecified atom stereocenters. The van der Waals surface area contributed by atoms with Gasteiger partial charge in [-0.15, -0.1) is 0 Å². The highest BCUT2D eigenvalue weighted by atomic mass is 32.1. The molecule has 0 N–H and O–H groups in total. The van der Waals surface area contributed by atoms with Crippen LogP contribution in [-0.4, -0.2) is 4.75 Å². The Kier molecular flexibility index (Phi) is 0.717. The Morgan fingerprint density at radius 2 is 1.20 bits per heavy atom. The predicted octanol–water partition coefficient (Wildman–Crippen LogP) is 3.87. The van der Waals surface area contributed by atoms with Crippen molar-refractivity contribution in [2.24, 2.45) is 95.6 Å². The lowest BCUT2D eigenvalue weighted by atomic mass is 8.67. The van der Waals surface area contributed by atoms with Crippen molar-refractivity contribution < 1.29 is 0 Å². The van der Waals surface area contributed by atoms with Crippen molar-refractivity contribution >= 4 is 12.6 Å². The topological polar surface area (TPSA) is 0 Å². The molecule has 13 rings (SSSR count). The van der Waals surface area contributed by atoms with Crippen LogP contribution in [0.25, 0.3) is 0 Å². The lowest BCUT2D eigenvalue weighted by Crippen LogP contribution is -3.35. The van der Waals surface area contributed by atoms with E-state index < -0.39 is 0 Å². The van der Waals surface area contributed by atoms with Gasteiger partial charge in [0.15, 0.2) is 0 Å². The lowest BCUT2D eigenvalue weighted by Gasteiger charge is -3.36. The molecule has 0 aromatic carbocycles. The number of hydrogen-bond donors (Lipinski definition) is 1. The quantitative estimate of drug-likeness (QED) is 0.634. The van der Waals surface area contributed by atoms with Crippen molar-refractivity contribution in [1.29, 1.82) is 0 Å². The first kappa shape index (κ1) is 10.8. The lowest BCUT2D eigenvalue weighted by molar-refractivity contribution is -0.896. The van der Waals surface area contributed by atoms with Crippen LogP contribution >= 0.6 is 12.6 Å². The molecular formula is C24H24S. The third-order valence-electron chi connectivity index (χ3n) is 18.9. The van der Waals surface area contributed by atoms with E-state index in [1.807, 2.05) is 0 Å². The molecule has 0 heterocycles. The molecule has 0 saturated heterocycles. The molecule has 1 heteroatoms. The minimum absolute atomic E-state index is 0.457. The summed E-state index contributed by atoms with van der Waals surface area (Å²) in [5, 5.41) is 0. The fourth-order valence-corrected chi connectivity index (χ4v) is 22.9. The molecule has 0 aromatic rings. The zero-order valence-corrected chi connectivity index (χ0v) is 16.3. The average molecular weight is 345 g/mol. The Hall–Kier alpha value is 0.350. The van der Waals surface area contributed by atoms with Crippen LogP contribution in [0.1, 0.15) is 40.5 Å². The second kappa shape index (κ2) is 1.66. The second-order valence-electron chi connectivity index (χ2n) is 14.6. The van der Waals surface area contributed by atoms with Gasteiger partial charge in [0.25, 0.3) is 0 Å². The zero-order valence-electron chi connectivity index (χ0n) is 15.4. The van der Waals surface area contributed by atoms with E-state index in [1.165, 1.54) is 29.6 Å². The van der Waals surface area contributed by atoms with Gasteiger partial charge in [0.2, 0.25) is 0 Å². The summed E-state index contributed by atoms with van der Waals surface area (Å²) >= 11 is 5.95. The van der Waals surface area contributed by atoms with E-state index in [0.717, 1.165) is 49.7 Å². The first-order valence-corrected chi connectivity index (χ1v) is 12.0. The Morgan fingerprint density at radius 1 is 0.600 bits per heavy atom. The van der Waals surface area contributed by atoms with Crippen molar-refractivity contribution in [2.75, 3.05) is 0 Å². The van der Waals surface area contributed by atoms with Crippen LogP contribution in [0, 0.1) is 95.6 Å². The summed E-state index contributed by atoms with van der Waals surface area (Å²) in [6.45, 7) is 11.5. The van der Waals surface area contributed by atoms with Gasteiger partial charge in [-0.05, 0) is 103 Å². The molecule has 18 atom stereocenters. The molecule has 13 fully saturated rings. The van der Waals surface area contributed by atoms with E-state index >= 15 is 0 Å². The van der Waals surface area contributed by atoms with Gasteiger partial charge >= 0.3 is 0 Å². The van der Waals surface area contributed by atoms with E-state index in [4.69, 9.17) is 12.6 Å². The molecule has 0 nitrogen and oxygen atoms in total. The van der Waals surface area contributed by atoms with Crippen LogP contribution in [0.4, 0.5) is 0 Å². The maximum absolute atomic E-state index is 5.95. The summed E-state index contributed by atoms with van der Waals surface area (Å²) in [4.78, 5) is 0. The summed E-state index contributed by atoms with van der Waals surface area (Å²) in [7, 11) is 0. The molecule has 126 valence electrons. The van der Waals surface area contributed by atoms with Crippen LogP contribution in [0.5, 0.6) is 0 Å². The van der Waals surface area contributed by atoms with E-state index in [1.54, 1.807) is 12.8 Å². The van der Waals surface area contributed by atoms with Crippen LogP contribution < -0.4 is 0 Å². The molecule has 13 saturated carbocycles. The molecule has 0 radical (unpaired) electrons. The summed E-state index contributed by atoms with van der Waals surface area (Å²) < 4.78 is 0.457. The molecule has 13 aliphatic carbocycles. The van der Waals surface area contributed by atoms with Gasteiger partial charge in [-0.2, -0.15) is 12.6 Å². The van der Waals surface area contributed by atoms with Gasteiger partial charge in [-0.3, -0.25) is 0 Å². The van der Waals surface area contributed by atoms with Gasteiger partial charge in [-0.25, -0.2) is 0 Å². The van der Waals surface area contributed by atoms with Gasteiger partial charge in [0, 0.05) is 10.2 Å². The minimum Gasteiger partial charge on any atom is -0.171 e. The summed E-state index contributed by atoms with van der Waals surface area (Å²) in [6.07, 6.45) is 3.28. The van der Waals surface area contributed by atoms with Crippen LogP contribution in [-0.2, 0) is 0 Å². The fraction of sp³-hybridized carbons (Fsp3) is 1.00. The molecular weight excluding hydrogens is 320 g/mol. The third kappa shape index (κ3) is 0.272. The van der Waals surface area contributed by atoms with Crippen molar-refractivity contribution in [3.8, 4) is 0 Å². The molecule has 25 heavy (non-hydrogen) atoms. The predicted molar refractivity (Wildman–Crippen MR) is 92.4 cm³/mol. The van der Waals surface area contributed by atoms with Gasteiger partial charge < -0.3 is 0 Å². The number of thiol groups is 1. The SMILES string of the molecule is C[C@@]12C34[C@H]5C[C@H]6[C@@H]7[C@@H]8[C@@H]9[C@H]%10C[C@H]%11C3(S)[C@@]3(C)C%10%11C9%10C8(C71C654)[C@]2(C)[C@]%103C. The second-order valence-corrected chi connectivity index (χ2v) is 15.3. The van der Waals surface area contributed by atoms with Gasteiger partial charge in [0.1, 0.15) is 0 Å². The summed E-state index contributed by atoms with van der Waals surface area (Å²) in [5.41, 5.74) is 7.89. The molecule has 0 bridgehead atoms. The van der Waals surface area contributed by atoms with Crippen molar-refractivity contribution in [2.45, 2.75) is 45.3 Å². The average Bonchev–Trinajstić information content (AvgIpc) is 3.11. The van der Waals surface area contributed by atoms with E-state index in [-0.39, 0.29) is 0 Å². The van der Waals surface area contributed by atoms with E-state index in [2.05, 4.69) is 27.7 Å². The Balaban J connectivity index is 1.40. The number of rotatable bonds is 0. The first-order valence-electron chi connectivity index (χ1n) is 11.5. The van der Waals surface area contributed by atoms with Crippen molar-refractivity contribution in [1.82, 2.24) is 0 Å².